The van der Waals surface area contributed by atoms with Crippen LogP contribution >= 0.6 is 0 Å². The lowest BCUT2D eigenvalue weighted by molar-refractivity contribution is -0.128. The number of nitrogens with two attached hydrogens (primary N) is 2. The molecule has 276 valence electrons. The number of nitrogens with zero attached hydrogens (tertiary/aromatic N) is 2. The Balaban J connectivity index is 1.43. The van der Waals surface area contributed by atoms with Gasteiger partial charge in [0.15, 0.2) is 5.82 Å². The van der Waals surface area contributed by atoms with Gasteiger partial charge in [-0.3, -0.25) is 24.0 Å². The first-order chi connectivity index (χ1) is 25.3. The van der Waals surface area contributed by atoms with Gasteiger partial charge in [0.25, 0.3) is 5.91 Å². The van der Waals surface area contributed by atoms with E-state index in [1.807, 2.05) is 50.2 Å². The van der Waals surface area contributed by atoms with Gasteiger partial charge >= 0.3 is 0 Å². The van der Waals surface area contributed by atoms with Crippen molar-refractivity contribution in [2.45, 2.75) is 65.1 Å². The number of amides is 5. The lowest BCUT2D eigenvalue weighted by atomic mass is 9.93. The zero-order valence-corrected chi connectivity index (χ0v) is 30.1. The fourth-order valence-corrected chi connectivity index (χ4v) is 6.04. The molecule has 3 aromatic carbocycles. The predicted molar refractivity (Wildman–Crippen MR) is 200 cm³/mol. The van der Waals surface area contributed by atoms with E-state index in [4.69, 9.17) is 16.2 Å². The fourth-order valence-electron chi connectivity index (χ4n) is 6.04. The summed E-state index contributed by atoms with van der Waals surface area (Å²) in [5.41, 5.74) is 16.6. The number of nitrogens with one attached hydrogen (secondary N) is 4. The molecule has 0 aliphatic carbocycles. The van der Waals surface area contributed by atoms with Crippen molar-refractivity contribution in [3.8, 4) is 28.3 Å². The van der Waals surface area contributed by atoms with E-state index in [1.54, 1.807) is 38.1 Å². The van der Waals surface area contributed by atoms with Crippen molar-refractivity contribution in [2.24, 2.45) is 11.5 Å². The Bertz CT molecular complexity index is 2050. The molecule has 5 amide bonds. The molecule has 0 saturated carbocycles. The molecule has 4 aromatic rings. The maximum absolute atomic E-state index is 13.9. The third-order valence-electron chi connectivity index (χ3n) is 8.58. The predicted octanol–water partition coefficient (Wildman–Crippen LogP) is 2.49. The first-order valence-electron chi connectivity index (χ1n) is 17.3. The van der Waals surface area contributed by atoms with E-state index < -0.39 is 35.7 Å². The van der Waals surface area contributed by atoms with Crippen LogP contribution in [0, 0.1) is 13.8 Å². The minimum atomic E-state index is -1.05. The van der Waals surface area contributed by atoms with Gasteiger partial charge in [0.2, 0.25) is 23.6 Å². The van der Waals surface area contributed by atoms with Gasteiger partial charge in [0, 0.05) is 23.7 Å². The second-order valence-electron chi connectivity index (χ2n) is 13.2. The van der Waals surface area contributed by atoms with Gasteiger partial charge in [-0.05, 0) is 81.1 Å². The smallest absolute Gasteiger partial charge is 0.255 e. The van der Waals surface area contributed by atoms with Crippen molar-refractivity contribution in [3.63, 3.8) is 0 Å². The number of anilines is 1. The minimum Gasteiger partial charge on any atom is -0.491 e. The van der Waals surface area contributed by atoms with Crippen molar-refractivity contribution in [3.05, 3.63) is 94.8 Å². The second kappa shape index (κ2) is 16.9. The average Bonchev–Trinajstić information content (AvgIpc) is 3.10. The van der Waals surface area contributed by atoms with Crippen molar-refractivity contribution in [2.75, 3.05) is 18.4 Å². The number of rotatable bonds is 10. The highest BCUT2D eigenvalue weighted by atomic mass is 16.5. The quantitative estimate of drug-likeness (QED) is 0.142. The molecule has 1 unspecified atom stereocenters. The van der Waals surface area contributed by atoms with Crippen LogP contribution in [0.3, 0.4) is 0 Å². The Hall–Kier alpha value is -6.15. The summed E-state index contributed by atoms with van der Waals surface area (Å²) in [5.74, 6) is -1.64. The van der Waals surface area contributed by atoms with Gasteiger partial charge in [-0.25, -0.2) is 9.97 Å². The zero-order chi connectivity index (χ0) is 38.2. The minimum absolute atomic E-state index is 0.00557. The molecule has 0 fully saturated rings. The molecule has 2 heterocycles. The molecule has 1 aromatic heterocycles. The van der Waals surface area contributed by atoms with Crippen molar-refractivity contribution in [1.29, 1.82) is 0 Å². The number of hydrogen-bond acceptors (Lipinski definition) is 9. The highest BCUT2D eigenvalue weighted by Crippen LogP contribution is 2.34. The number of ether oxygens (including phenoxy) is 1. The summed E-state index contributed by atoms with van der Waals surface area (Å²) in [5, 5.41) is 11.0. The summed E-state index contributed by atoms with van der Waals surface area (Å²) in [7, 11) is 0. The zero-order valence-electron chi connectivity index (χ0n) is 30.1. The van der Waals surface area contributed by atoms with E-state index in [1.165, 1.54) is 6.20 Å². The molecule has 53 heavy (non-hydrogen) atoms. The molecule has 5 rings (SSSR count). The number of hydrogen-bond donors (Lipinski definition) is 6. The molecular formula is C39H44N8O6. The van der Waals surface area contributed by atoms with Crippen LogP contribution in [0.1, 0.15) is 53.0 Å². The number of fused-ring (bicyclic) bond motifs is 5. The van der Waals surface area contributed by atoms with Crippen LogP contribution in [0.2, 0.25) is 0 Å². The van der Waals surface area contributed by atoms with Gasteiger partial charge in [0.05, 0.1) is 36.0 Å². The van der Waals surface area contributed by atoms with Crippen LogP contribution in [-0.2, 0) is 32.0 Å². The monoisotopic (exact) mass is 720 g/mol. The maximum Gasteiger partial charge on any atom is 0.255 e. The van der Waals surface area contributed by atoms with Crippen LogP contribution in [-0.4, -0.2) is 70.8 Å². The number of primary amides is 1. The lowest BCUT2D eigenvalue weighted by Gasteiger charge is -2.23. The molecule has 14 heteroatoms. The molecule has 14 nitrogen and oxygen atoms in total. The molecule has 1 aliphatic heterocycles. The Morgan fingerprint density at radius 3 is 2.45 bits per heavy atom. The van der Waals surface area contributed by atoms with E-state index in [0.29, 0.717) is 50.8 Å². The van der Waals surface area contributed by atoms with Crippen molar-refractivity contribution >= 4 is 35.2 Å². The van der Waals surface area contributed by atoms with Gasteiger partial charge in [-0.2, -0.15) is 0 Å². The third-order valence-corrected chi connectivity index (χ3v) is 8.58. The Kier molecular flexibility index (Phi) is 12.2. The summed E-state index contributed by atoms with van der Waals surface area (Å²) in [6, 6.07) is 16.1. The summed E-state index contributed by atoms with van der Waals surface area (Å²) in [4.78, 5) is 74.0. The maximum atomic E-state index is 13.9. The van der Waals surface area contributed by atoms with Gasteiger partial charge in [0.1, 0.15) is 17.8 Å². The number of carbonyl (C=O) groups is 5. The highest BCUT2D eigenvalue weighted by molar-refractivity contribution is 6.04. The van der Waals surface area contributed by atoms with Gasteiger partial charge < -0.3 is 37.5 Å². The van der Waals surface area contributed by atoms with Crippen LogP contribution in [0.4, 0.5) is 5.69 Å². The normalized spacial score (nSPS) is 15.0. The van der Waals surface area contributed by atoms with Crippen LogP contribution in [0.5, 0.6) is 5.75 Å². The first kappa shape index (κ1) is 38.1. The number of aromatic nitrogens is 2. The SMILES string of the molecule is Cc1cc2cc(c1NC(=O)[C@H](CCN)NC(=O)c1cnc(-c3cccc(OC(C)C)c3)nc1C)-c1cccc(c1)CC(=O)NCC(=O)NC(C(N)=O)C2. The van der Waals surface area contributed by atoms with Crippen LogP contribution in [0.15, 0.2) is 66.9 Å². The third kappa shape index (κ3) is 9.80. The molecule has 0 saturated heterocycles. The summed E-state index contributed by atoms with van der Waals surface area (Å²) in [6.07, 6.45) is 1.62. The fraction of sp³-hybridized carbons (Fsp3) is 0.308. The van der Waals surface area contributed by atoms with Gasteiger partial charge in [-0.1, -0.05) is 42.5 Å². The van der Waals surface area contributed by atoms with Crippen molar-refractivity contribution in [1.82, 2.24) is 25.9 Å². The van der Waals surface area contributed by atoms with E-state index in [9.17, 15) is 24.0 Å². The summed E-state index contributed by atoms with van der Waals surface area (Å²) >= 11 is 0. The molecule has 2 atom stereocenters. The standard InChI is InChI=1S/C39H44N8O6/c1-21(2)53-28-10-6-9-27(18-28)37-43-19-30(23(4)44-37)38(51)46-31(11-12-40)39(52)47-35-22(3)13-25-15-29(35)26-8-5-7-24(14-26)17-33(48)42-20-34(49)45-32(16-25)36(41)50/h5-10,13-15,18-19,21,31-32H,11-12,16-17,20,40H2,1-4H3,(H2,41,50)(H,42,48)(H,45,49)(H,46,51)(H,47,52)/t31-,32?/m0/s1. The summed E-state index contributed by atoms with van der Waals surface area (Å²) in [6.45, 7) is 7.16. The van der Waals surface area contributed by atoms with Crippen molar-refractivity contribution < 1.29 is 28.7 Å². The van der Waals surface area contributed by atoms with Crippen LogP contribution < -0.4 is 37.5 Å². The molecule has 4 bridgehead atoms. The Morgan fingerprint density at radius 1 is 0.981 bits per heavy atom. The molecule has 0 radical (unpaired) electrons. The molecular weight excluding hydrogens is 676 g/mol. The van der Waals surface area contributed by atoms with E-state index in [2.05, 4.69) is 31.2 Å². The van der Waals surface area contributed by atoms with E-state index in [-0.39, 0.29) is 49.9 Å². The number of aryl methyl sites for hydroxylation is 2. The van der Waals surface area contributed by atoms with E-state index >= 15 is 0 Å². The molecule has 8 N–H and O–H groups in total. The average molecular weight is 721 g/mol. The highest BCUT2D eigenvalue weighted by Gasteiger charge is 2.26. The largest absolute Gasteiger partial charge is 0.491 e. The van der Waals surface area contributed by atoms with Crippen LogP contribution in [0.25, 0.3) is 22.5 Å². The lowest BCUT2D eigenvalue weighted by Crippen LogP contribution is -2.49. The topological polar surface area (TPSA) is 221 Å². The first-order valence-corrected chi connectivity index (χ1v) is 17.3. The molecule has 1 aliphatic rings. The van der Waals surface area contributed by atoms with Gasteiger partial charge in [-0.15, -0.1) is 0 Å². The second-order valence-corrected chi connectivity index (χ2v) is 13.2. The molecule has 0 spiro atoms. The van der Waals surface area contributed by atoms with E-state index in [0.717, 1.165) is 5.56 Å². The number of benzene rings is 3. The summed E-state index contributed by atoms with van der Waals surface area (Å²) < 4.78 is 5.79. The Labute approximate surface area is 307 Å². The Morgan fingerprint density at radius 2 is 1.74 bits per heavy atom. The number of carbonyl (C=O) groups excluding carboxylic acids is 5.